The van der Waals surface area contributed by atoms with Crippen LogP contribution in [-0.2, 0) is 11.2 Å². The fourth-order valence-corrected chi connectivity index (χ4v) is 2.28. The quantitative estimate of drug-likeness (QED) is 0.778. The Kier molecular flexibility index (Phi) is 2.53. The van der Waals surface area contributed by atoms with E-state index < -0.39 is 5.97 Å². The molecule has 2 rings (SSSR count). The van der Waals surface area contributed by atoms with Gasteiger partial charge in [0.25, 0.3) is 0 Å². The van der Waals surface area contributed by atoms with Crippen molar-refractivity contribution in [2.45, 2.75) is 31.6 Å². The predicted octanol–water partition coefficient (Wildman–Crippen LogP) is 2.58. The van der Waals surface area contributed by atoms with E-state index in [-0.39, 0.29) is 12.3 Å². The number of rotatable bonds is 2. The topological polar surface area (TPSA) is 37.3 Å². The number of carboxylic acids is 1. The molecule has 0 aromatic heterocycles. The summed E-state index contributed by atoms with van der Waals surface area (Å²) in [7, 11) is 0. The maximum atomic E-state index is 10.7. The van der Waals surface area contributed by atoms with Crippen LogP contribution in [-0.4, -0.2) is 11.1 Å². The number of carbonyl (C=O) groups is 1. The standard InChI is InChI=1S/C12H14O2/c13-12(14)8-10-6-3-5-9-4-1-2-7-11(9)10/h1-2,4,7,10H,3,5-6,8H2,(H,13,14)/t10-/m1/s1. The van der Waals surface area contributed by atoms with Gasteiger partial charge in [-0.2, -0.15) is 0 Å². The molecular weight excluding hydrogens is 176 g/mol. The normalized spacial score (nSPS) is 20.1. The third kappa shape index (κ3) is 1.79. The summed E-state index contributed by atoms with van der Waals surface area (Å²) in [5.41, 5.74) is 2.59. The second-order valence-electron chi connectivity index (χ2n) is 3.89. The molecule has 0 spiro atoms. The Morgan fingerprint density at radius 1 is 1.43 bits per heavy atom. The highest BCUT2D eigenvalue weighted by molar-refractivity contribution is 5.68. The van der Waals surface area contributed by atoms with Gasteiger partial charge in [-0.1, -0.05) is 24.3 Å². The molecule has 1 atom stereocenters. The van der Waals surface area contributed by atoms with Crippen LogP contribution in [0.2, 0.25) is 0 Å². The van der Waals surface area contributed by atoms with Crippen LogP contribution >= 0.6 is 0 Å². The van der Waals surface area contributed by atoms with Crippen molar-refractivity contribution in [3.05, 3.63) is 35.4 Å². The molecule has 0 amide bonds. The maximum Gasteiger partial charge on any atom is 0.303 e. The van der Waals surface area contributed by atoms with E-state index in [0.717, 1.165) is 19.3 Å². The van der Waals surface area contributed by atoms with Crippen LogP contribution in [0.15, 0.2) is 24.3 Å². The highest BCUT2D eigenvalue weighted by Crippen LogP contribution is 2.33. The van der Waals surface area contributed by atoms with Gasteiger partial charge in [-0.25, -0.2) is 0 Å². The predicted molar refractivity (Wildman–Crippen MR) is 54.4 cm³/mol. The van der Waals surface area contributed by atoms with Crippen LogP contribution in [0.4, 0.5) is 0 Å². The Labute approximate surface area is 83.6 Å². The molecule has 0 aliphatic heterocycles. The molecule has 1 aliphatic rings. The van der Waals surface area contributed by atoms with Crippen molar-refractivity contribution in [1.29, 1.82) is 0 Å². The van der Waals surface area contributed by atoms with E-state index in [1.54, 1.807) is 0 Å². The number of carboxylic acid groups (broad SMARTS) is 1. The lowest BCUT2D eigenvalue weighted by Crippen LogP contribution is -2.13. The minimum absolute atomic E-state index is 0.234. The van der Waals surface area contributed by atoms with Crippen molar-refractivity contribution in [3.8, 4) is 0 Å². The van der Waals surface area contributed by atoms with Crippen LogP contribution in [0, 0.1) is 0 Å². The van der Waals surface area contributed by atoms with Crippen molar-refractivity contribution >= 4 is 5.97 Å². The van der Waals surface area contributed by atoms with Crippen LogP contribution < -0.4 is 0 Å². The molecule has 2 nitrogen and oxygen atoms in total. The molecule has 2 heteroatoms. The Morgan fingerprint density at radius 3 is 3.00 bits per heavy atom. The third-order valence-corrected chi connectivity index (χ3v) is 2.91. The van der Waals surface area contributed by atoms with Gasteiger partial charge in [0.2, 0.25) is 0 Å². The zero-order valence-electron chi connectivity index (χ0n) is 8.07. The van der Waals surface area contributed by atoms with Gasteiger partial charge in [0.1, 0.15) is 0 Å². The minimum Gasteiger partial charge on any atom is -0.481 e. The molecule has 1 aromatic rings. The zero-order valence-corrected chi connectivity index (χ0v) is 8.07. The first-order chi connectivity index (χ1) is 6.77. The van der Waals surface area contributed by atoms with E-state index in [9.17, 15) is 4.79 Å². The van der Waals surface area contributed by atoms with E-state index in [0.29, 0.717) is 0 Å². The number of aliphatic carboxylic acids is 1. The fourth-order valence-electron chi connectivity index (χ4n) is 2.28. The van der Waals surface area contributed by atoms with Crippen molar-refractivity contribution in [2.75, 3.05) is 0 Å². The molecule has 0 heterocycles. The molecule has 74 valence electrons. The molecular formula is C12H14O2. The lowest BCUT2D eigenvalue weighted by atomic mass is 9.81. The summed E-state index contributed by atoms with van der Waals surface area (Å²) in [5.74, 6) is -0.454. The van der Waals surface area contributed by atoms with Gasteiger partial charge in [-0.05, 0) is 36.3 Å². The van der Waals surface area contributed by atoms with E-state index >= 15 is 0 Å². The molecule has 0 radical (unpaired) electrons. The fraction of sp³-hybridized carbons (Fsp3) is 0.417. The molecule has 1 N–H and O–H groups in total. The van der Waals surface area contributed by atoms with Gasteiger partial charge in [-0.3, -0.25) is 4.79 Å². The molecule has 0 saturated carbocycles. The number of hydrogen-bond acceptors (Lipinski definition) is 1. The average Bonchev–Trinajstić information content (AvgIpc) is 2.18. The summed E-state index contributed by atoms with van der Waals surface area (Å²) >= 11 is 0. The van der Waals surface area contributed by atoms with Crippen LogP contribution in [0.25, 0.3) is 0 Å². The summed E-state index contributed by atoms with van der Waals surface area (Å²) in [6.07, 6.45) is 3.52. The Morgan fingerprint density at radius 2 is 2.21 bits per heavy atom. The lowest BCUT2D eigenvalue weighted by molar-refractivity contribution is -0.137. The highest BCUT2D eigenvalue weighted by Gasteiger charge is 2.21. The summed E-state index contributed by atoms with van der Waals surface area (Å²) in [4.78, 5) is 10.7. The first-order valence-electron chi connectivity index (χ1n) is 5.07. The molecule has 14 heavy (non-hydrogen) atoms. The van der Waals surface area contributed by atoms with Crippen LogP contribution in [0.5, 0.6) is 0 Å². The first-order valence-corrected chi connectivity index (χ1v) is 5.07. The van der Waals surface area contributed by atoms with Gasteiger partial charge in [0, 0.05) is 0 Å². The summed E-state index contributed by atoms with van der Waals surface area (Å²) in [6.45, 7) is 0. The Bertz CT molecular complexity index is 344. The molecule has 1 aliphatic carbocycles. The lowest BCUT2D eigenvalue weighted by Gasteiger charge is -2.23. The largest absolute Gasteiger partial charge is 0.481 e. The van der Waals surface area contributed by atoms with Crippen molar-refractivity contribution in [3.63, 3.8) is 0 Å². The molecule has 0 saturated heterocycles. The SMILES string of the molecule is O=C(O)C[C@H]1CCCc2ccccc21. The summed E-state index contributed by atoms with van der Waals surface area (Å²) < 4.78 is 0. The molecule has 0 bridgehead atoms. The van der Waals surface area contributed by atoms with Crippen LogP contribution in [0.3, 0.4) is 0 Å². The number of benzene rings is 1. The minimum atomic E-state index is -0.688. The van der Waals surface area contributed by atoms with E-state index in [2.05, 4.69) is 12.1 Å². The zero-order chi connectivity index (χ0) is 9.97. The molecule has 0 fully saturated rings. The van der Waals surface area contributed by atoms with Gasteiger partial charge in [0.15, 0.2) is 0 Å². The van der Waals surface area contributed by atoms with Gasteiger partial charge >= 0.3 is 5.97 Å². The highest BCUT2D eigenvalue weighted by atomic mass is 16.4. The third-order valence-electron chi connectivity index (χ3n) is 2.91. The van der Waals surface area contributed by atoms with E-state index in [1.807, 2.05) is 12.1 Å². The van der Waals surface area contributed by atoms with Gasteiger partial charge in [-0.15, -0.1) is 0 Å². The monoisotopic (exact) mass is 190 g/mol. The summed E-state index contributed by atoms with van der Waals surface area (Å²) in [5, 5.41) is 8.79. The van der Waals surface area contributed by atoms with Crippen molar-refractivity contribution in [1.82, 2.24) is 0 Å². The first kappa shape index (κ1) is 9.25. The van der Waals surface area contributed by atoms with Crippen molar-refractivity contribution < 1.29 is 9.90 Å². The van der Waals surface area contributed by atoms with Crippen molar-refractivity contribution in [2.24, 2.45) is 0 Å². The summed E-state index contributed by atoms with van der Waals surface area (Å²) in [6, 6.07) is 8.21. The van der Waals surface area contributed by atoms with E-state index in [1.165, 1.54) is 11.1 Å². The Balaban J connectivity index is 2.26. The molecule has 1 aromatic carbocycles. The van der Waals surface area contributed by atoms with Gasteiger partial charge < -0.3 is 5.11 Å². The number of fused-ring (bicyclic) bond motifs is 1. The Hall–Kier alpha value is -1.31. The van der Waals surface area contributed by atoms with E-state index in [4.69, 9.17) is 5.11 Å². The van der Waals surface area contributed by atoms with Crippen LogP contribution in [0.1, 0.15) is 36.3 Å². The smallest absolute Gasteiger partial charge is 0.303 e. The number of hydrogen-bond donors (Lipinski definition) is 1. The second-order valence-corrected chi connectivity index (χ2v) is 3.89. The molecule has 0 unspecified atom stereocenters. The second kappa shape index (κ2) is 3.82. The number of aryl methyl sites for hydroxylation is 1. The maximum absolute atomic E-state index is 10.7. The average molecular weight is 190 g/mol. The van der Waals surface area contributed by atoms with Gasteiger partial charge in [0.05, 0.1) is 6.42 Å².